The summed E-state index contributed by atoms with van der Waals surface area (Å²) in [5.41, 5.74) is 5.89. The molecule has 1 rings (SSSR count). The van der Waals surface area contributed by atoms with Gasteiger partial charge in [0.2, 0.25) is 15.9 Å². The third-order valence-corrected chi connectivity index (χ3v) is 4.45. The van der Waals surface area contributed by atoms with Gasteiger partial charge >= 0.3 is 0 Å². The van der Waals surface area contributed by atoms with Crippen LogP contribution in [0.1, 0.15) is 31.4 Å². The highest BCUT2D eigenvalue weighted by Gasteiger charge is 2.16. The molecule has 7 heteroatoms. The summed E-state index contributed by atoms with van der Waals surface area (Å²) in [6, 6.07) is 6.86. The van der Waals surface area contributed by atoms with Crippen LogP contribution < -0.4 is 15.8 Å². The predicted molar refractivity (Wildman–Crippen MR) is 77.5 cm³/mol. The zero-order valence-electron chi connectivity index (χ0n) is 11.7. The lowest BCUT2D eigenvalue weighted by atomic mass is 10.1. The van der Waals surface area contributed by atoms with E-state index in [0.29, 0.717) is 0 Å². The summed E-state index contributed by atoms with van der Waals surface area (Å²) in [5, 5.41) is 3.13. The van der Waals surface area contributed by atoms with Gasteiger partial charge in [-0.25, -0.2) is 13.1 Å². The average molecular weight is 299 g/mol. The molecule has 0 aliphatic rings. The zero-order chi connectivity index (χ0) is 15.2. The van der Waals surface area contributed by atoms with Crippen LogP contribution in [0.25, 0.3) is 0 Å². The average Bonchev–Trinajstić information content (AvgIpc) is 2.40. The second-order valence-electron chi connectivity index (χ2n) is 4.44. The number of primary amides is 1. The van der Waals surface area contributed by atoms with Crippen LogP contribution in [0, 0.1) is 0 Å². The second kappa shape index (κ2) is 7.37. The van der Waals surface area contributed by atoms with E-state index < -0.39 is 15.9 Å². The van der Waals surface area contributed by atoms with E-state index in [0.717, 1.165) is 12.0 Å². The summed E-state index contributed by atoms with van der Waals surface area (Å²) >= 11 is 0. The SMILES string of the molecule is CCC(NC)c1cccc(S(=O)(=O)NCCC(N)=O)c1. The minimum absolute atomic E-state index is 0.00509. The highest BCUT2D eigenvalue weighted by molar-refractivity contribution is 7.89. The van der Waals surface area contributed by atoms with Gasteiger partial charge in [-0.2, -0.15) is 0 Å². The first-order valence-corrected chi connectivity index (χ1v) is 7.94. The highest BCUT2D eigenvalue weighted by Crippen LogP contribution is 2.19. The largest absolute Gasteiger partial charge is 0.370 e. The maximum Gasteiger partial charge on any atom is 0.240 e. The Morgan fingerprint density at radius 3 is 2.65 bits per heavy atom. The van der Waals surface area contributed by atoms with Crippen molar-refractivity contribution in [3.05, 3.63) is 29.8 Å². The van der Waals surface area contributed by atoms with Crippen LogP contribution in [-0.2, 0) is 14.8 Å². The molecule has 0 spiro atoms. The fourth-order valence-electron chi connectivity index (χ4n) is 1.90. The Bertz CT molecular complexity index is 554. The van der Waals surface area contributed by atoms with Gasteiger partial charge < -0.3 is 11.1 Å². The van der Waals surface area contributed by atoms with Crippen molar-refractivity contribution < 1.29 is 13.2 Å². The van der Waals surface area contributed by atoms with E-state index in [4.69, 9.17) is 5.73 Å². The van der Waals surface area contributed by atoms with E-state index in [1.54, 1.807) is 12.1 Å². The first-order valence-electron chi connectivity index (χ1n) is 6.46. The Balaban J connectivity index is 2.90. The molecule has 0 saturated heterocycles. The highest BCUT2D eigenvalue weighted by atomic mass is 32.2. The molecular formula is C13H21N3O3S. The normalized spacial score (nSPS) is 13.1. The van der Waals surface area contributed by atoms with E-state index in [9.17, 15) is 13.2 Å². The molecule has 0 aliphatic heterocycles. The Morgan fingerprint density at radius 2 is 2.10 bits per heavy atom. The summed E-state index contributed by atoms with van der Waals surface area (Å²) in [6.45, 7) is 2.03. The van der Waals surface area contributed by atoms with Gasteiger partial charge in [-0.15, -0.1) is 0 Å². The summed E-state index contributed by atoms with van der Waals surface area (Å²) in [5.74, 6) is -0.539. The summed E-state index contributed by atoms with van der Waals surface area (Å²) < 4.78 is 26.5. The third-order valence-electron chi connectivity index (χ3n) is 2.99. The van der Waals surface area contributed by atoms with Crippen LogP contribution in [0.3, 0.4) is 0 Å². The van der Waals surface area contributed by atoms with Gasteiger partial charge in [0.25, 0.3) is 0 Å². The minimum atomic E-state index is -3.61. The molecular weight excluding hydrogens is 278 g/mol. The first-order chi connectivity index (χ1) is 9.40. The molecule has 0 saturated carbocycles. The predicted octanol–water partition coefficient (Wildman–Crippen LogP) is 0.511. The molecule has 0 radical (unpaired) electrons. The van der Waals surface area contributed by atoms with Crippen molar-refractivity contribution in [1.82, 2.24) is 10.0 Å². The Labute approximate surface area is 119 Å². The molecule has 1 aromatic rings. The molecule has 0 bridgehead atoms. The van der Waals surface area contributed by atoms with Crippen molar-refractivity contribution in [1.29, 1.82) is 0 Å². The van der Waals surface area contributed by atoms with Gasteiger partial charge in [0.1, 0.15) is 0 Å². The summed E-state index contributed by atoms with van der Waals surface area (Å²) in [4.78, 5) is 10.8. The lowest BCUT2D eigenvalue weighted by molar-refractivity contribution is -0.117. The standard InChI is InChI=1S/C13H21N3O3S/c1-3-12(15-2)10-5-4-6-11(9-10)20(18,19)16-8-7-13(14)17/h4-6,9,12,15-16H,3,7-8H2,1-2H3,(H2,14,17). The number of nitrogens with one attached hydrogen (secondary N) is 2. The monoisotopic (exact) mass is 299 g/mol. The molecule has 20 heavy (non-hydrogen) atoms. The van der Waals surface area contributed by atoms with E-state index in [2.05, 4.69) is 10.0 Å². The van der Waals surface area contributed by atoms with E-state index in [-0.39, 0.29) is 23.9 Å². The quantitative estimate of drug-likeness (QED) is 0.651. The van der Waals surface area contributed by atoms with Crippen molar-refractivity contribution in [3.8, 4) is 0 Å². The van der Waals surface area contributed by atoms with E-state index >= 15 is 0 Å². The molecule has 0 aromatic heterocycles. The fraction of sp³-hybridized carbons (Fsp3) is 0.462. The lowest BCUT2D eigenvalue weighted by Crippen LogP contribution is -2.28. The molecule has 1 amide bonds. The van der Waals surface area contributed by atoms with Gasteiger partial charge in [-0.3, -0.25) is 4.79 Å². The number of sulfonamides is 1. The van der Waals surface area contributed by atoms with Gasteiger partial charge in [0, 0.05) is 19.0 Å². The number of rotatable bonds is 8. The molecule has 6 nitrogen and oxygen atoms in total. The van der Waals surface area contributed by atoms with Gasteiger partial charge in [-0.05, 0) is 31.2 Å². The second-order valence-corrected chi connectivity index (χ2v) is 6.20. The molecule has 1 atom stereocenters. The van der Waals surface area contributed by atoms with Gasteiger partial charge in [0.05, 0.1) is 4.90 Å². The van der Waals surface area contributed by atoms with Crippen molar-refractivity contribution in [2.75, 3.05) is 13.6 Å². The van der Waals surface area contributed by atoms with Crippen molar-refractivity contribution >= 4 is 15.9 Å². The van der Waals surface area contributed by atoms with Crippen LogP contribution in [0.5, 0.6) is 0 Å². The smallest absolute Gasteiger partial charge is 0.240 e. The number of hydrogen-bond acceptors (Lipinski definition) is 4. The number of carbonyl (C=O) groups is 1. The maximum atomic E-state index is 12.1. The lowest BCUT2D eigenvalue weighted by Gasteiger charge is -2.15. The van der Waals surface area contributed by atoms with Crippen LogP contribution in [-0.4, -0.2) is 27.9 Å². The summed E-state index contributed by atoms with van der Waals surface area (Å²) in [6.07, 6.45) is 0.835. The zero-order valence-corrected chi connectivity index (χ0v) is 12.5. The Kier molecular flexibility index (Phi) is 6.12. The Morgan fingerprint density at radius 1 is 1.40 bits per heavy atom. The Hall–Kier alpha value is -1.44. The van der Waals surface area contributed by atoms with Crippen molar-refractivity contribution in [2.24, 2.45) is 5.73 Å². The fourth-order valence-corrected chi connectivity index (χ4v) is 2.98. The topological polar surface area (TPSA) is 101 Å². The molecule has 1 unspecified atom stereocenters. The number of hydrogen-bond donors (Lipinski definition) is 3. The van der Waals surface area contributed by atoms with Crippen molar-refractivity contribution in [3.63, 3.8) is 0 Å². The molecule has 112 valence electrons. The molecule has 4 N–H and O–H groups in total. The first kappa shape index (κ1) is 16.6. The van der Waals surface area contributed by atoms with Gasteiger partial charge in [-0.1, -0.05) is 19.1 Å². The van der Waals surface area contributed by atoms with Crippen LogP contribution >= 0.6 is 0 Å². The van der Waals surface area contributed by atoms with E-state index in [1.165, 1.54) is 6.07 Å². The summed E-state index contributed by atoms with van der Waals surface area (Å²) in [7, 11) is -1.78. The number of benzene rings is 1. The maximum absolute atomic E-state index is 12.1. The minimum Gasteiger partial charge on any atom is -0.370 e. The molecule has 1 aromatic carbocycles. The van der Waals surface area contributed by atoms with Gasteiger partial charge in [0.15, 0.2) is 0 Å². The number of carbonyl (C=O) groups excluding carboxylic acids is 1. The van der Waals surface area contributed by atoms with Crippen LogP contribution in [0.4, 0.5) is 0 Å². The van der Waals surface area contributed by atoms with Crippen molar-refractivity contribution in [2.45, 2.75) is 30.7 Å². The molecule has 0 fully saturated rings. The molecule has 0 aliphatic carbocycles. The number of nitrogens with two attached hydrogens (primary N) is 1. The third kappa shape index (κ3) is 4.59. The van der Waals surface area contributed by atoms with Crippen LogP contribution in [0.15, 0.2) is 29.2 Å². The number of amides is 1. The molecule has 0 heterocycles. The van der Waals surface area contributed by atoms with Crippen LogP contribution in [0.2, 0.25) is 0 Å². The van der Waals surface area contributed by atoms with E-state index in [1.807, 2.05) is 20.0 Å².